The molecule has 37 heavy (non-hydrogen) atoms. The summed E-state index contributed by atoms with van der Waals surface area (Å²) in [6.45, 7) is 4.31. The van der Waals surface area contributed by atoms with Crippen molar-refractivity contribution >= 4 is 16.9 Å². The van der Waals surface area contributed by atoms with E-state index in [0.29, 0.717) is 51.9 Å². The number of fused-ring (bicyclic) bond motifs is 1. The molecule has 5 rings (SSSR count). The highest BCUT2D eigenvalue weighted by molar-refractivity contribution is 5.98. The Kier molecular flexibility index (Phi) is 7.34. The van der Waals surface area contributed by atoms with Gasteiger partial charge in [-0.15, -0.1) is 0 Å². The molecule has 9 nitrogen and oxygen atoms in total. The Morgan fingerprint density at radius 1 is 1.16 bits per heavy atom. The molecule has 3 heterocycles. The van der Waals surface area contributed by atoms with E-state index < -0.39 is 0 Å². The summed E-state index contributed by atoms with van der Waals surface area (Å²) in [7, 11) is 3.26. The quantitative estimate of drug-likeness (QED) is 0.321. The number of benzene rings is 2. The van der Waals surface area contributed by atoms with Crippen LogP contribution in [0.3, 0.4) is 0 Å². The number of phenolic OH excluding ortho intramolecular Hbond substituents is 1. The zero-order valence-corrected chi connectivity index (χ0v) is 21.0. The number of pyridine rings is 1. The molecule has 1 atom stereocenters. The molecule has 0 radical (unpaired) electrons. The second kappa shape index (κ2) is 11.0. The first-order valence-corrected chi connectivity index (χ1v) is 12.4. The summed E-state index contributed by atoms with van der Waals surface area (Å²) in [5, 5.41) is 14.2. The molecule has 0 bridgehead atoms. The molecule has 0 aliphatic carbocycles. The Labute approximate surface area is 215 Å². The van der Waals surface area contributed by atoms with Gasteiger partial charge in [-0.3, -0.25) is 4.79 Å². The van der Waals surface area contributed by atoms with E-state index in [1.165, 1.54) is 0 Å². The van der Waals surface area contributed by atoms with Gasteiger partial charge in [0.15, 0.2) is 0 Å². The number of ether oxygens (including phenoxy) is 2. The lowest BCUT2D eigenvalue weighted by Gasteiger charge is -2.15. The van der Waals surface area contributed by atoms with Crippen LogP contribution in [0, 0.1) is 5.92 Å². The topological polar surface area (TPSA) is 113 Å². The van der Waals surface area contributed by atoms with Crippen LogP contribution >= 0.6 is 0 Å². The van der Waals surface area contributed by atoms with Crippen LogP contribution in [0.4, 0.5) is 0 Å². The summed E-state index contributed by atoms with van der Waals surface area (Å²) in [5.74, 6) is 1.34. The molecule has 2 aromatic heterocycles. The smallest absolute Gasteiger partial charge is 0.251 e. The fourth-order valence-corrected chi connectivity index (χ4v) is 4.83. The van der Waals surface area contributed by atoms with Crippen LogP contribution in [-0.4, -0.2) is 77.9 Å². The Bertz CT molecular complexity index is 1400. The molecule has 0 unspecified atom stereocenters. The second-order valence-corrected chi connectivity index (χ2v) is 9.24. The molecule has 1 amide bonds. The number of aromatic hydroxyl groups is 1. The highest BCUT2D eigenvalue weighted by Gasteiger charge is 2.23. The minimum atomic E-state index is -0.109. The number of hydrogen-bond acceptors (Lipinski definition) is 7. The number of aromatic nitrogens is 3. The van der Waals surface area contributed by atoms with Crippen molar-refractivity contribution in [3.8, 4) is 34.1 Å². The number of H-pyrrole nitrogens is 1. The van der Waals surface area contributed by atoms with E-state index in [9.17, 15) is 9.90 Å². The highest BCUT2D eigenvalue weighted by Crippen LogP contribution is 2.40. The van der Waals surface area contributed by atoms with Gasteiger partial charge in [-0.05, 0) is 55.3 Å². The maximum atomic E-state index is 12.9. The largest absolute Gasteiger partial charge is 0.507 e. The number of likely N-dealkylation sites (tertiary alicyclic amines) is 1. The predicted octanol–water partition coefficient (Wildman–Crippen LogP) is 3.70. The number of methoxy groups -OCH3 is 2. The zero-order chi connectivity index (χ0) is 25.8. The maximum absolute atomic E-state index is 12.9. The number of nitrogens with one attached hydrogen (secondary N) is 2. The van der Waals surface area contributed by atoms with Crippen molar-refractivity contribution in [2.45, 2.75) is 6.42 Å². The van der Waals surface area contributed by atoms with Crippen LogP contribution in [0.15, 0.2) is 54.7 Å². The van der Waals surface area contributed by atoms with Crippen LogP contribution in [0.5, 0.6) is 11.6 Å². The van der Waals surface area contributed by atoms with Gasteiger partial charge >= 0.3 is 0 Å². The molecule has 9 heteroatoms. The van der Waals surface area contributed by atoms with Gasteiger partial charge in [-0.25, -0.2) is 9.97 Å². The predicted molar refractivity (Wildman–Crippen MR) is 142 cm³/mol. The van der Waals surface area contributed by atoms with E-state index in [-0.39, 0.29) is 11.7 Å². The van der Waals surface area contributed by atoms with Crippen molar-refractivity contribution in [3.63, 3.8) is 0 Å². The van der Waals surface area contributed by atoms with Gasteiger partial charge < -0.3 is 29.8 Å². The van der Waals surface area contributed by atoms with Gasteiger partial charge in [0.1, 0.15) is 11.6 Å². The highest BCUT2D eigenvalue weighted by atomic mass is 16.5. The standard InChI is InChI=1S/C28H31N5O4/c1-36-14-13-33-12-10-18(17-33)16-30-27(35)19-8-9-23-24(15-19)32-26(31-23)22-6-3-5-20(25(22)34)21-7-4-11-29-28(21)37-2/h3-9,11,15,18,34H,10,12-14,16-17H2,1-2H3,(H,30,35)(H,31,32)/t18-/m0/s1. The zero-order valence-electron chi connectivity index (χ0n) is 21.0. The molecule has 2 aromatic carbocycles. The van der Waals surface area contributed by atoms with Gasteiger partial charge in [-0.2, -0.15) is 0 Å². The number of carbonyl (C=O) groups excluding carboxylic acids is 1. The normalized spacial score (nSPS) is 15.8. The molecule has 1 aliphatic heterocycles. The summed E-state index contributed by atoms with van der Waals surface area (Å²) in [5.41, 5.74) is 3.82. The molecule has 0 spiro atoms. The number of phenols is 1. The molecule has 3 N–H and O–H groups in total. The van der Waals surface area contributed by atoms with Gasteiger partial charge in [0.2, 0.25) is 5.88 Å². The van der Waals surface area contributed by atoms with E-state index in [2.05, 4.69) is 25.2 Å². The first-order chi connectivity index (χ1) is 18.1. The summed E-state index contributed by atoms with van der Waals surface area (Å²) in [6, 6.07) is 14.5. The van der Waals surface area contributed by atoms with Crippen molar-refractivity contribution < 1.29 is 19.4 Å². The summed E-state index contributed by atoms with van der Waals surface area (Å²) in [4.78, 5) is 27.4. The first-order valence-electron chi connectivity index (χ1n) is 12.4. The lowest BCUT2D eigenvalue weighted by Crippen LogP contribution is -2.31. The number of carbonyl (C=O) groups is 1. The van der Waals surface area contributed by atoms with Gasteiger partial charge in [-0.1, -0.05) is 12.1 Å². The van der Waals surface area contributed by atoms with E-state index in [1.54, 1.807) is 44.7 Å². The fourth-order valence-electron chi connectivity index (χ4n) is 4.83. The minimum Gasteiger partial charge on any atom is -0.507 e. The Morgan fingerprint density at radius 3 is 2.84 bits per heavy atom. The van der Waals surface area contributed by atoms with Crippen LogP contribution in [0.1, 0.15) is 16.8 Å². The number of hydrogen-bond donors (Lipinski definition) is 3. The Balaban J connectivity index is 1.32. The van der Waals surface area contributed by atoms with Crippen molar-refractivity contribution in [2.24, 2.45) is 5.92 Å². The van der Waals surface area contributed by atoms with Crippen LogP contribution in [0.2, 0.25) is 0 Å². The fraction of sp³-hybridized carbons (Fsp3) is 0.321. The molecule has 4 aromatic rings. The van der Waals surface area contributed by atoms with Crippen molar-refractivity contribution in [1.29, 1.82) is 0 Å². The van der Waals surface area contributed by atoms with Crippen molar-refractivity contribution in [1.82, 2.24) is 25.2 Å². The van der Waals surface area contributed by atoms with Crippen molar-refractivity contribution in [2.75, 3.05) is 47.0 Å². The number of para-hydroxylation sites is 1. The van der Waals surface area contributed by atoms with Crippen molar-refractivity contribution in [3.05, 3.63) is 60.3 Å². The SMILES string of the molecule is COCCN1CC[C@@H](CNC(=O)c2ccc3nc(-c4cccc(-c5cccnc5OC)c4O)[nH]c3c2)C1. The molecule has 192 valence electrons. The number of amides is 1. The monoisotopic (exact) mass is 501 g/mol. The van der Waals surface area contributed by atoms with Gasteiger partial charge in [0.25, 0.3) is 5.91 Å². The third-order valence-electron chi connectivity index (χ3n) is 6.82. The lowest BCUT2D eigenvalue weighted by molar-refractivity contribution is 0.0947. The van der Waals surface area contributed by atoms with Crippen LogP contribution < -0.4 is 10.1 Å². The van der Waals surface area contributed by atoms with Gasteiger partial charge in [0.05, 0.1) is 30.3 Å². The third-order valence-corrected chi connectivity index (χ3v) is 6.82. The second-order valence-electron chi connectivity index (χ2n) is 9.24. The molecular weight excluding hydrogens is 470 g/mol. The van der Waals surface area contributed by atoms with E-state index in [1.807, 2.05) is 24.3 Å². The Hall–Kier alpha value is -3.95. The number of rotatable bonds is 9. The third kappa shape index (κ3) is 5.28. The van der Waals surface area contributed by atoms with Crippen LogP contribution in [-0.2, 0) is 4.74 Å². The molecule has 1 aliphatic rings. The number of aromatic amines is 1. The van der Waals surface area contributed by atoms with Crippen LogP contribution in [0.25, 0.3) is 33.5 Å². The first kappa shape index (κ1) is 24.7. The minimum absolute atomic E-state index is 0.0712. The van der Waals surface area contributed by atoms with E-state index in [0.717, 1.165) is 38.2 Å². The average Bonchev–Trinajstić information content (AvgIpc) is 3.57. The molecule has 1 fully saturated rings. The molecular formula is C28H31N5O4. The maximum Gasteiger partial charge on any atom is 0.251 e. The Morgan fingerprint density at radius 2 is 2.00 bits per heavy atom. The molecule has 0 saturated carbocycles. The van der Waals surface area contributed by atoms with E-state index in [4.69, 9.17) is 9.47 Å². The summed E-state index contributed by atoms with van der Waals surface area (Å²) in [6.07, 6.45) is 2.71. The average molecular weight is 502 g/mol. The lowest BCUT2D eigenvalue weighted by atomic mass is 10.0. The number of imidazole rings is 1. The van der Waals surface area contributed by atoms with E-state index >= 15 is 0 Å². The van der Waals surface area contributed by atoms with Gasteiger partial charge in [0, 0.05) is 49.6 Å². The molecule has 1 saturated heterocycles. The summed E-state index contributed by atoms with van der Waals surface area (Å²) >= 11 is 0. The number of nitrogens with zero attached hydrogens (tertiary/aromatic N) is 3. The summed E-state index contributed by atoms with van der Waals surface area (Å²) < 4.78 is 10.5.